The number of halogens is 2. The molecular weight excluding hydrogens is 290 g/mol. The first-order valence-corrected chi connectivity index (χ1v) is 7.68. The third-order valence-corrected chi connectivity index (χ3v) is 3.84. The van der Waals surface area contributed by atoms with Crippen molar-refractivity contribution >= 4 is 6.09 Å². The molecule has 0 aromatic heterocycles. The molecule has 4 nitrogen and oxygen atoms in total. The molecule has 1 saturated heterocycles. The van der Waals surface area contributed by atoms with Crippen LogP contribution in [0, 0.1) is 11.6 Å². The third-order valence-electron chi connectivity index (χ3n) is 3.84. The van der Waals surface area contributed by atoms with Crippen molar-refractivity contribution in [1.82, 2.24) is 9.80 Å². The first-order valence-electron chi connectivity index (χ1n) is 7.68. The first-order chi connectivity index (χ1) is 10.6. The molecule has 1 fully saturated rings. The quantitative estimate of drug-likeness (QED) is 0.838. The molecule has 2 rings (SSSR count). The highest BCUT2D eigenvalue weighted by atomic mass is 19.2. The Kier molecular flexibility index (Phi) is 6.12. The van der Waals surface area contributed by atoms with Gasteiger partial charge in [-0.25, -0.2) is 13.6 Å². The molecule has 1 aliphatic rings. The summed E-state index contributed by atoms with van der Waals surface area (Å²) >= 11 is 0. The van der Waals surface area contributed by atoms with Crippen LogP contribution in [0.2, 0.25) is 0 Å². The molecule has 0 atom stereocenters. The molecule has 0 aliphatic carbocycles. The van der Waals surface area contributed by atoms with Crippen LogP contribution >= 0.6 is 0 Å². The Hall–Kier alpha value is -1.69. The minimum Gasteiger partial charge on any atom is -0.444 e. The first kappa shape index (κ1) is 16.7. The van der Waals surface area contributed by atoms with E-state index in [1.54, 1.807) is 4.90 Å². The monoisotopic (exact) mass is 312 g/mol. The van der Waals surface area contributed by atoms with Crippen molar-refractivity contribution in [3.05, 3.63) is 35.4 Å². The van der Waals surface area contributed by atoms with Gasteiger partial charge in [0.1, 0.15) is 6.61 Å². The summed E-state index contributed by atoms with van der Waals surface area (Å²) in [7, 11) is 0. The Morgan fingerprint density at radius 1 is 1.23 bits per heavy atom. The standard InChI is InChI=1S/C16H22F2N2O2/c1-2-3-7-19-8-10-20(11-9-19)16(21)22-12-13-5-4-6-14(17)15(13)18/h4-6H,2-3,7-12H2,1H3. The summed E-state index contributed by atoms with van der Waals surface area (Å²) in [5.41, 5.74) is 0.0509. The highest BCUT2D eigenvalue weighted by molar-refractivity contribution is 5.67. The molecule has 0 radical (unpaired) electrons. The molecule has 0 saturated carbocycles. The van der Waals surface area contributed by atoms with E-state index in [0.29, 0.717) is 13.1 Å². The van der Waals surface area contributed by atoms with E-state index in [1.165, 1.54) is 12.1 Å². The maximum Gasteiger partial charge on any atom is 0.410 e. The van der Waals surface area contributed by atoms with Crippen molar-refractivity contribution in [2.24, 2.45) is 0 Å². The molecule has 0 spiro atoms. The van der Waals surface area contributed by atoms with Gasteiger partial charge in [-0.2, -0.15) is 0 Å². The number of amides is 1. The van der Waals surface area contributed by atoms with Crippen molar-refractivity contribution in [1.29, 1.82) is 0 Å². The van der Waals surface area contributed by atoms with Crippen molar-refractivity contribution in [2.75, 3.05) is 32.7 Å². The van der Waals surface area contributed by atoms with Gasteiger partial charge in [0.05, 0.1) is 0 Å². The van der Waals surface area contributed by atoms with Crippen LogP contribution in [0.3, 0.4) is 0 Å². The van der Waals surface area contributed by atoms with Gasteiger partial charge in [0.2, 0.25) is 0 Å². The second-order valence-electron chi connectivity index (χ2n) is 5.45. The average molecular weight is 312 g/mol. The second-order valence-corrected chi connectivity index (χ2v) is 5.45. The summed E-state index contributed by atoms with van der Waals surface area (Å²) in [6.07, 6.45) is 1.84. The molecule has 0 N–H and O–H groups in total. The summed E-state index contributed by atoms with van der Waals surface area (Å²) in [6.45, 7) is 5.81. The smallest absolute Gasteiger partial charge is 0.410 e. The number of hydrogen-bond acceptors (Lipinski definition) is 3. The number of carbonyl (C=O) groups excluding carboxylic acids is 1. The largest absolute Gasteiger partial charge is 0.444 e. The lowest BCUT2D eigenvalue weighted by atomic mass is 10.2. The van der Waals surface area contributed by atoms with Crippen LogP contribution in [0.4, 0.5) is 13.6 Å². The van der Waals surface area contributed by atoms with E-state index in [9.17, 15) is 13.6 Å². The van der Waals surface area contributed by atoms with Crippen LogP contribution in [0.1, 0.15) is 25.3 Å². The molecule has 122 valence electrons. The molecule has 1 heterocycles. The fourth-order valence-corrected chi connectivity index (χ4v) is 2.43. The SMILES string of the molecule is CCCCN1CCN(C(=O)OCc2cccc(F)c2F)CC1. The molecule has 1 amide bonds. The number of carbonyl (C=O) groups is 1. The number of rotatable bonds is 5. The maximum atomic E-state index is 13.5. The number of benzene rings is 1. The number of hydrogen-bond donors (Lipinski definition) is 0. The van der Waals surface area contributed by atoms with Crippen molar-refractivity contribution < 1.29 is 18.3 Å². The van der Waals surface area contributed by atoms with E-state index >= 15 is 0 Å². The van der Waals surface area contributed by atoms with Gasteiger partial charge < -0.3 is 9.64 Å². The highest BCUT2D eigenvalue weighted by Crippen LogP contribution is 2.13. The van der Waals surface area contributed by atoms with Crippen LogP contribution in [-0.4, -0.2) is 48.6 Å². The van der Waals surface area contributed by atoms with Crippen molar-refractivity contribution in [3.63, 3.8) is 0 Å². The Labute approximate surface area is 129 Å². The van der Waals surface area contributed by atoms with Crippen LogP contribution in [0.25, 0.3) is 0 Å². The average Bonchev–Trinajstić information content (AvgIpc) is 2.54. The fraction of sp³-hybridized carbons (Fsp3) is 0.562. The molecule has 1 aromatic rings. The van der Waals surface area contributed by atoms with E-state index in [4.69, 9.17) is 4.74 Å². The third kappa shape index (κ3) is 4.40. The van der Waals surface area contributed by atoms with Crippen molar-refractivity contribution in [2.45, 2.75) is 26.4 Å². The molecule has 0 bridgehead atoms. The van der Waals surface area contributed by atoms with Crippen LogP contribution in [0.15, 0.2) is 18.2 Å². The van der Waals surface area contributed by atoms with Gasteiger partial charge >= 0.3 is 6.09 Å². The summed E-state index contributed by atoms with van der Waals surface area (Å²) in [5, 5.41) is 0. The van der Waals surface area contributed by atoms with E-state index in [2.05, 4.69) is 11.8 Å². The molecule has 1 aliphatic heterocycles. The number of unbranched alkanes of at least 4 members (excludes halogenated alkanes) is 1. The fourth-order valence-electron chi connectivity index (χ4n) is 2.43. The van der Waals surface area contributed by atoms with Gasteiger partial charge in [-0.15, -0.1) is 0 Å². The van der Waals surface area contributed by atoms with Gasteiger partial charge in [0, 0.05) is 31.7 Å². The Bertz CT molecular complexity index is 503. The van der Waals surface area contributed by atoms with Gasteiger partial charge in [-0.05, 0) is 19.0 Å². The Morgan fingerprint density at radius 3 is 2.64 bits per heavy atom. The zero-order chi connectivity index (χ0) is 15.9. The lowest BCUT2D eigenvalue weighted by molar-refractivity contribution is 0.0706. The van der Waals surface area contributed by atoms with Gasteiger partial charge in [-0.3, -0.25) is 4.90 Å². The summed E-state index contributed by atoms with van der Waals surface area (Å²) in [5.74, 6) is -1.89. The highest BCUT2D eigenvalue weighted by Gasteiger charge is 2.22. The van der Waals surface area contributed by atoms with Crippen molar-refractivity contribution in [3.8, 4) is 0 Å². The maximum absolute atomic E-state index is 13.5. The van der Waals surface area contributed by atoms with Gasteiger partial charge in [0.15, 0.2) is 11.6 Å². The molecule has 6 heteroatoms. The lowest BCUT2D eigenvalue weighted by Gasteiger charge is -2.34. The van der Waals surface area contributed by atoms with E-state index < -0.39 is 17.7 Å². The summed E-state index contributed by atoms with van der Waals surface area (Å²) < 4.78 is 31.6. The topological polar surface area (TPSA) is 32.8 Å². The predicted molar refractivity (Wildman–Crippen MR) is 79.5 cm³/mol. The van der Waals surface area contributed by atoms with E-state index in [-0.39, 0.29) is 12.2 Å². The zero-order valence-corrected chi connectivity index (χ0v) is 12.9. The normalized spacial score (nSPS) is 15.9. The molecular formula is C16H22F2N2O2. The Morgan fingerprint density at radius 2 is 1.95 bits per heavy atom. The molecule has 0 unspecified atom stereocenters. The lowest BCUT2D eigenvalue weighted by Crippen LogP contribution is -2.48. The summed E-state index contributed by atoms with van der Waals surface area (Å²) in [4.78, 5) is 15.9. The zero-order valence-electron chi connectivity index (χ0n) is 12.9. The van der Waals surface area contributed by atoms with E-state index in [0.717, 1.165) is 38.5 Å². The summed E-state index contributed by atoms with van der Waals surface area (Å²) in [6, 6.07) is 3.85. The minimum atomic E-state index is -0.959. The number of nitrogens with zero attached hydrogens (tertiary/aromatic N) is 2. The number of piperazine rings is 1. The van der Waals surface area contributed by atoms with Gasteiger partial charge in [0.25, 0.3) is 0 Å². The van der Waals surface area contributed by atoms with Gasteiger partial charge in [-0.1, -0.05) is 25.5 Å². The molecule has 22 heavy (non-hydrogen) atoms. The van der Waals surface area contributed by atoms with Crippen LogP contribution in [0.5, 0.6) is 0 Å². The van der Waals surface area contributed by atoms with E-state index in [1.807, 2.05) is 0 Å². The second kappa shape index (κ2) is 8.08. The predicted octanol–water partition coefficient (Wildman–Crippen LogP) is 3.02. The minimum absolute atomic E-state index is 0.0509. The molecule has 1 aromatic carbocycles. The number of ether oxygens (including phenoxy) is 1. The van der Waals surface area contributed by atoms with Crippen LogP contribution in [-0.2, 0) is 11.3 Å². The van der Waals surface area contributed by atoms with Crippen LogP contribution < -0.4 is 0 Å². The Balaban J connectivity index is 1.78.